The maximum Gasteiger partial charge on any atom is 0.0589 e. The molecule has 0 saturated carbocycles. The first-order chi connectivity index (χ1) is 7.81. The normalized spacial score (nSPS) is 19.1. The lowest BCUT2D eigenvalue weighted by Crippen LogP contribution is -2.28. The Hall–Kier alpha value is -0.510. The van der Waals surface area contributed by atoms with E-state index in [0.29, 0.717) is 5.92 Å². The smallest absolute Gasteiger partial charge is 0.0589 e. The highest BCUT2D eigenvalue weighted by molar-refractivity contribution is 7.99. The maximum atomic E-state index is 5.10. The second kappa shape index (κ2) is 5.71. The molecule has 88 valence electrons. The number of ether oxygens (including phenoxy) is 1. The van der Waals surface area contributed by atoms with Gasteiger partial charge in [-0.05, 0) is 18.7 Å². The summed E-state index contributed by atoms with van der Waals surface area (Å²) in [6.45, 7) is 2.96. The zero-order valence-electron chi connectivity index (χ0n) is 9.98. The number of hydrogen-bond acceptors (Lipinski definition) is 3. The van der Waals surface area contributed by atoms with Gasteiger partial charge in [-0.15, -0.1) is 11.8 Å². The highest BCUT2D eigenvalue weighted by Gasteiger charge is 2.23. The summed E-state index contributed by atoms with van der Waals surface area (Å²) in [6.07, 6.45) is 0. The second-order valence-electron chi connectivity index (χ2n) is 4.30. The average Bonchev–Trinajstić information content (AvgIpc) is 2.70. The largest absolute Gasteiger partial charge is 0.383 e. The molecule has 0 aliphatic carbocycles. The lowest BCUT2D eigenvalue weighted by molar-refractivity contribution is 0.159. The maximum absolute atomic E-state index is 5.10. The molecule has 1 aromatic carbocycles. The third kappa shape index (κ3) is 2.78. The molecular formula is C13H19NOS. The molecule has 0 N–H and O–H groups in total. The fourth-order valence-electron chi connectivity index (χ4n) is 2.10. The van der Waals surface area contributed by atoms with Crippen molar-refractivity contribution >= 4 is 11.8 Å². The van der Waals surface area contributed by atoms with E-state index >= 15 is 0 Å². The summed E-state index contributed by atoms with van der Waals surface area (Å²) in [4.78, 5) is 3.82. The molecule has 2 rings (SSSR count). The summed E-state index contributed by atoms with van der Waals surface area (Å²) < 4.78 is 5.10. The van der Waals surface area contributed by atoms with Crippen molar-refractivity contribution < 1.29 is 4.74 Å². The van der Waals surface area contributed by atoms with Gasteiger partial charge in [0.05, 0.1) is 6.61 Å². The van der Waals surface area contributed by atoms with E-state index in [1.807, 2.05) is 11.8 Å². The van der Waals surface area contributed by atoms with Crippen molar-refractivity contribution in [1.29, 1.82) is 0 Å². The van der Waals surface area contributed by atoms with E-state index in [4.69, 9.17) is 4.74 Å². The number of thioether (sulfide) groups is 1. The van der Waals surface area contributed by atoms with E-state index in [1.54, 1.807) is 7.11 Å². The molecule has 1 heterocycles. The van der Waals surface area contributed by atoms with E-state index in [2.05, 4.69) is 36.2 Å². The lowest BCUT2D eigenvalue weighted by atomic mass is 10.0. The number of likely N-dealkylation sites (N-methyl/N-ethyl adjacent to an activating group) is 1. The predicted molar refractivity (Wildman–Crippen MR) is 69.3 cm³/mol. The molecule has 1 aliphatic heterocycles. The van der Waals surface area contributed by atoms with Gasteiger partial charge >= 0.3 is 0 Å². The quantitative estimate of drug-likeness (QED) is 0.780. The van der Waals surface area contributed by atoms with Crippen molar-refractivity contribution in [1.82, 2.24) is 4.90 Å². The summed E-state index contributed by atoms with van der Waals surface area (Å²) in [5.74, 6) is 1.90. The Bertz CT molecular complexity index is 342. The minimum Gasteiger partial charge on any atom is -0.383 e. The second-order valence-corrected chi connectivity index (χ2v) is 5.36. The molecule has 0 radical (unpaired) electrons. The standard InChI is InChI=1S/C13H19NOS/c1-14(7-8-15-2)9-11-10-16-13-6-4-3-5-12(11)13/h3-6,11H,7-10H2,1-2H3. The topological polar surface area (TPSA) is 12.5 Å². The first-order valence-electron chi connectivity index (χ1n) is 5.70. The van der Waals surface area contributed by atoms with Gasteiger partial charge in [-0.3, -0.25) is 0 Å². The molecule has 0 bridgehead atoms. The average molecular weight is 237 g/mol. The van der Waals surface area contributed by atoms with Crippen molar-refractivity contribution in [2.24, 2.45) is 0 Å². The molecule has 0 saturated heterocycles. The van der Waals surface area contributed by atoms with Crippen LogP contribution in [-0.4, -0.2) is 44.5 Å². The van der Waals surface area contributed by atoms with E-state index < -0.39 is 0 Å². The molecule has 1 aliphatic rings. The van der Waals surface area contributed by atoms with Crippen LogP contribution in [0.25, 0.3) is 0 Å². The fraction of sp³-hybridized carbons (Fsp3) is 0.538. The van der Waals surface area contributed by atoms with Gasteiger partial charge in [0.1, 0.15) is 0 Å². The molecule has 0 fully saturated rings. The van der Waals surface area contributed by atoms with Crippen molar-refractivity contribution in [3.8, 4) is 0 Å². The Morgan fingerprint density at radius 2 is 2.25 bits per heavy atom. The lowest BCUT2D eigenvalue weighted by Gasteiger charge is -2.20. The SMILES string of the molecule is COCCN(C)CC1CSc2ccccc21. The molecule has 1 aromatic rings. The Morgan fingerprint density at radius 1 is 1.44 bits per heavy atom. The molecular weight excluding hydrogens is 218 g/mol. The van der Waals surface area contributed by atoms with Crippen LogP contribution in [-0.2, 0) is 4.74 Å². The fourth-order valence-corrected chi connectivity index (χ4v) is 3.34. The van der Waals surface area contributed by atoms with Crippen LogP contribution in [0.3, 0.4) is 0 Å². The Labute approximate surface area is 102 Å². The zero-order valence-corrected chi connectivity index (χ0v) is 10.8. The van der Waals surface area contributed by atoms with E-state index in [1.165, 1.54) is 16.2 Å². The summed E-state index contributed by atoms with van der Waals surface area (Å²) in [6, 6.07) is 8.77. The summed E-state index contributed by atoms with van der Waals surface area (Å²) in [5.41, 5.74) is 1.52. The highest BCUT2D eigenvalue weighted by atomic mass is 32.2. The third-order valence-corrected chi connectivity index (χ3v) is 4.26. The molecule has 0 spiro atoms. The van der Waals surface area contributed by atoms with Gasteiger partial charge in [0.25, 0.3) is 0 Å². The highest BCUT2D eigenvalue weighted by Crippen LogP contribution is 2.39. The molecule has 3 heteroatoms. The Morgan fingerprint density at radius 3 is 3.06 bits per heavy atom. The minimum atomic E-state index is 0.683. The molecule has 1 unspecified atom stereocenters. The van der Waals surface area contributed by atoms with Crippen LogP contribution in [0, 0.1) is 0 Å². The summed E-state index contributed by atoms with van der Waals surface area (Å²) in [5, 5.41) is 0. The van der Waals surface area contributed by atoms with E-state index in [0.717, 1.165) is 19.7 Å². The van der Waals surface area contributed by atoms with Crippen LogP contribution in [0.2, 0.25) is 0 Å². The van der Waals surface area contributed by atoms with Crippen LogP contribution in [0.4, 0.5) is 0 Å². The van der Waals surface area contributed by atoms with Crippen molar-refractivity contribution in [3.05, 3.63) is 29.8 Å². The van der Waals surface area contributed by atoms with Gasteiger partial charge in [0.15, 0.2) is 0 Å². The van der Waals surface area contributed by atoms with Crippen molar-refractivity contribution in [2.45, 2.75) is 10.8 Å². The van der Waals surface area contributed by atoms with Gasteiger partial charge in [0.2, 0.25) is 0 Å². The molecule has 0 aromatic heterocycles. The summed E-state index contributed by atoms with van der Waals surface area (Å²) in [7, 11) is 3.93. The number of benzene rings is 1. The first-order valence-corrected chi connectivity index (χ1v) is 6.69. The van der Waals surface area contributed by atoms with Crippen LogP contribution < -0.4 is 0 Å². The van der Waals surface area contributed by atoms with Gasteiger partial charge in [-0.25, -0.2) is 0 Å². The number of rotatable bonds is 5. The molecule has 2 nitrogen and oxygen atoms in total. The molecule has 0 amide bonds. The van der Waals surface area contributed by atoms with Gasteiger partial charge in [0, 0.05) is 36.8 Å². The third-order valence-electron chi connectivity index (χ3n) is 3.01. The van der Waals surface area contributed by atoms with Crippen molar-refractivity contribution in [2.75, 3.05) is 39.6 Å². The minimum absolute atomic E-state index is 0.683. The molecule has 1 atom stereocenters. The first kappa shape index (κ1) is 12.0. The van der Waals surface area contributed by atoms with E-state index in [9.17, 15) is 0 Å². The number of methoxy groups -OCH3 is 1. The van der Waals surface area contributed by atoms with Gasteiger partial charge in [-0.2, -0.15) is 0 Å². The van der Waals surface area contributed by atoms with Crippen LogP contribution in [0.5, 0.6) is 0 Å². The molecule has 16 heavy (non-hydrogen) atoms. The Kier molecular flexibility index (Phi) is 4.27. The summed E-state index contributed by atoms with van der Waals surface area (Å²) >= 11 is 1.98. The Balaban J connectivity index is 1.92. The van der Waals surface area contributed by atoms with Crippen LogP contribution in [0.1, 0.15) is 11.5 Å². The number of nitrogens with zero attached hydrogens (tertiary/aromatic N) is 1. The van der Waals surface area contributed by atoms with Gasteiger partial charge in [-0.1, -0.05) is 18.2 Å². The van der Waals surface area contributed by atoms with Crippen molar-refractivity contribution in [3.63, 3.8) is 0 Å². The zero-order chi connectivity index (χ0) is 11.4. The van der Waals surface area contributed by atoms with E-state index in [-0.39, 0.29) is 0 Å². The number of hydrogen-bond donors (Lipinski definition) is 0. The van der Waals surface area contributed by atoms with Gasteiger partial charge < -0.3 is 9.64 Å². The van der Waals surface area contributed by atoms with Crippen LogP contribution >= 0.6 is 11.8 Å². The number of fused-ring (bicyclic) bond motifs is 1. The predicted octanol–water partition coefficient (Wildman–Crippen LogP) is 2.45. The van der Waals surface area contributed by atoms with Crippen LogP contribution in [0.15, 0.2) is 29.2 Å². The monoisotopic (exact) mass is 237 g/mol.